The zero-order valence-electron chi connectivity index (χ0n) is 34.3. The summed E-state index contributed by atoms with van der Waals surface area (Å²) in [5.41, 5.74) is 4.52. The number of ether oxygens (including phenoxy) is 1. The van der Waals surface area contributed by atoms with Crippen molar-refractivity contribution in [1.82, 2.24) is 19.9 Å². The van der Waals surface area contributed by atoms with Crippen LogP contribution in [0.3, 0.4) is 0 Å². The molecule has 0 fully saturated rings. The standard InChI is InChI=1S/C26H19ClF3N3O3.C21H11ClF3N3O.ClH/c1-26(2,3)36-25(35)33-19-11-16(28)22(29)21(23(19)30)24(34)14-6-9-17-18(10-14)32-20(12-31-17)13-4-7-15(27)8-5-13;22-12-4-1-10(2-5-12)17-9-27-15-6-3-11(7-16(15)28-17)21(29)18-19(24)13(23)8-14(26)20(18)25;/h4-12H,1-3H3,(H,33,35);1-9H,26H2;1H. The first-order valence-electron chi connectivity index (χ1n) is 19.0. The Bertz CT molecular complexity index is 3190. The maximum absolute atomic E-state index is 15.1. The van der Waals surface area contributed by atoms with Crippen molar-refractivity contribution in [2.24, 2.45) is 0 Å². The number of hydrogen-bond acceptors (Lipinski definition) is 9. The number of benzene rings is 6. The van der Waals surface area contributed by atoms with Crippen LogP contribution in [0.1, 0.15) is 52.6 Å². The summed E-state index contributed by atoms with van der Waals surface area (Å²) < 4.78 is 91.0. The fraction of sp³-hybridized carbons (Fsp3) is 0.0851. The molecule has 19 heteroatoms. The summed E-state index contributed by atoms with van der Waals surface area (Å²) in [6.07, 6.45) is 1.99. The van der Waals surface area contributed by atoms with Gasteiger partial charge >= 0.3 is 6.09 Å². The minimum absolute atomic E-state index is 0. The van der Waals surface area contributed by atoms with Gasteiger partial charge in [0.05, 0.1) is 68.4 Å². The van der Waals surface area contributed by atoms with E-state index >= 15 is 4.39 Å². The molecule has 8 rings (SSSR count). The average molecular weight is 964 g/mol. The molecule has 0 bridgehead atoms. The molecule has 6 aromatic carbocycles. The molecule has 0 aliphatic heterocycles. The minimum atomic E-state index is -1.69. The lowest BCUT2D eigenvalue weighted by molar-refractivity contribution is 0.0634. The van der Waals surface area contributed by atoms with Crippen LogP contribution in [0.4, 0.5) is 42.5 Å². The molecule has 8 aromatic rings. The van der Waals surface area contributed by atoms with Crippen LogP contribution >= 0.6 is 35.6 Å². The van der Waals surface area contributed by atoms with Gasteiger partial charge in [0.1, 0.15) is 5.60 Å². The molecule has 0 saturated carbocycles. The second-order valence-corrected chi connectivity index (χ2v) is 15.9. The van der Waals surface area contributed by atoms with E-state index in [9.17, 15) is 36.3 Å². The predicted molar refractivity (Wildman–Crippen MR) is 241 cm³/mol. The van der Waals surface area contributed by atoms with Gasteiger partial charge in [0.25, 0.3) is 0 Å². The Morgan fingerprint density at radius 3 is 1.44 bits per heavy atom. The molecule has 1 amide bonds. The Hall–Kier alpha value is -7.14. The molecule has 2 heterocycles. The van der Waals surface area contributed by atoms with Crippen molar-refractivity contribution in [2.75, 3.05) is 11.1 Å². The number of carbonyl (C=O) groups is 3. The monoisotopic (exact) mass is 962 g/mol. The zero-order chi connectivity index (χ0) is 46.9. The van der Waals surface area contributed by atoms with Gasteiger partial charge in [-0.1, -0.05) is 47.5 Å². The maximum atomic E-state index is 15.1. The van der Waals surface area contributed by atoms with Gasteiger partial charge in [-0.25, -0.2) is 41.1 Å². The third kappa shape index (κ3) is 10.5. The van der Waals surface area contributed by atoms with Crippen LogP contribution in [-0.2, 0) is 4.74 Å². The number of nitrogens with two attached hydrogens (primary N) is 1. The van der Waals surface area contributed by atoms with Gasteiger partial charge in [-0.2, -0.15) is 0 Å². The Morgan fingerprint density at radius 2 is 1.00 bits per heavy atom. The van der Waals surface area contributed by atoms with E-state index in [4.69, 9.17) is 33.7 Å². The molecular formula is C47H31Cl3F6N6O4. The molecule has 3 N–H and O–H groups in total. The molecular weight excluding hydrogens is 933 g/mol. The zero-order valence-corrected chi connectivity index (χ0v) is 36.7. The summed E-state index contributed by atoms with van der Waals surface area (Å²) in [6.45, 7) is 4.72. The highest BCUT2D eigenvalue weighted by Gasteiger charge is 2.28. The van der Waals surface area contributed by atoms with Gasteiger partial charge in [-0.3, -0.25) is 24.9 Å². The first kappa shape index (κ1) is 48.3. The molecule has 2 aromatic heterocycles. The quantitative estimate of drug-likeness (QED) is 0.0688. The Morgan fingerprint density at radius 1 is 0.576 bits per heavy atom. The van der Waals surface area contributed by atoms with E-state index in [-0.39, 0.29) is 29.1 Å². The van der Waals surface area contributed by atoms with Crippen LogP contribution in [0.25, 0.3) is 44.6 Å². The van der Waals surface area contributed by atoms with Crippen LogP contribution in [0, 0.1) is 34.9 Å². The maximum Gasteiger partial charge on any atom is 0.412 e. The number of aromatic nitrogens is 4. The van der Waals surface area contributed by atoms with Crippen LogP contribution in [0.2, 0.25) is 10.0 Å². The number of fused-ring (bicyclic) bond motifs is 2. The predicted octanol–water partition coefficient (Wildman–Crippen LogP) is 12.5. The molecule has 336 valence electrons. The van der Waals surface area contributed by atoms with E-state index < -0.39 is 80.7 Å². The number of hydrogen-bond donors (Lipinski definition) is 2. The fourth-order valence-electron chi connectivity index (χ4n) is 6.24. The van der Waals surface area contributed by atoms with E-state index in [1.807, 2.05) is 5.32 Å². The third-order valence-electron chi connectivity index (χ3n) is 9.32. The average Bonchev–Trinajstić information content (AvgIpc) is 3.27. The van der Waals surface area contributed by atoms with E-state index in [1.54, 1.807) is 75.5 Å². The van der Waals surface area contributed by atoms with Crippen LogP contribution in [-0.4, -0.2) is 43.2 Å². The van der Waals surface area contributed by atoms with Crippen molar-refractivity contribution >= 4 is 86.7 Å². The van der Waals surface area contributed by atoms with Crippen molar-refractivity contribution in [3.63, 3.8) is 0 Å². The van der Waals surface area contributed by atoms with E-state index in [1.165, 1.54) is 42.6 Å². The van der Waals surface area contributed by atoms with Crippen molar-refractivity contribution in [2.45, 2.75) is 26.4 Å². The molecule has 0 spiro atoms. The van der Waals surface area contributed by atoms with Gasteiger partial charge in [-0.05, 0) is 81.4 Å². The van der Waals surface area contributed by atoms with Crippen molar-refractivity contribution < 1.29 is 45.5 Å². The summed E-state index contributed by atoms with van der Waals surface area (Å²) in [5.74, 6) is -11.1. The molecule has 10 nitrogen and oxygen atoms in total. The van der Waals surface area contributed by atoms with Crippen molar-refractivity contribution in [1.29, 1.82) is 0 Å². The van der Waals surface area contributed by atoms with Gasteiger partial charge in [0.2, 0.25) is 0 Å². The Labute approximate surface area is 387 Å². The van der Waals surface area contributed by atoms with Crippen LogP contribution < -0.4 is 11.1 Å². The number of ketones is 2. The van der Waals surface area contributed by atoms with Gasteiger partial charge in [0, 0.05) is 44.4 Å². The summed E-state index contributed by atoms with van der Waals surface area (Å²) in [5, 5.41) is 3.12. The number of rotatable bonds is 7. The second kappa shape index (κ2) is 19.5. The summed E-state index contributed by atoms with van der Waals surface area (Å²) in [6, 6.07) is 22.9. The molecule has 0 unspecified atom stereocenters. The highest BCUT2D eigenvalue weighted by atomic mass is 35.5. The highest BCUT2D eigenvalue weighted by molar-refractivity contribution is 6.31. The Balaban J connectivity index is 0.000000220. The topological polar surface area (TPSA) is 150 Å². The van der Waals surface area contributed by atoms with Crippen molar-refractivity contribution in [3.8, 4) is 22.5 Å². The van der Waals surface area contributed by atoms with Crippen LogP contribution in [0.5, 0.6) is 0 Å². The lowest BCUT2D eigenvalue weighted by atomic mass is 10.0. The molecule has 66 heavy (non-hydrogen) atoms. The minimum Gasteiger partial charge on any atom is -0.444 e. The van der Waals surface area contributed by atoms with E-state index in [2.05, 4.69) is 19.9 Å². The van der Waals surface area contributed by atoms with Gasteiger partial charge < -0.3 is 10.5 Å². The molecule has 0 aliphatic rings. The normalized spacial score (nSPS) is 11.1. The third-order valence-corrected chi connectivity index (χ3v) is 9.82. The van der Waals surface area contributed by atoms with Gasteiger partial charge in [-0.15, -0.1) is 12.4 Å². The molecule has 0 aliphatic carbocycles. The number of nitrogens with zero attached hydrogens (tertiary/aromatic N) is 4. The largest absolute Gasteiger partial charge is 0.444 e. The highest BCUT2D eigenvalue weighted by Crippen LogP contribution is 2.30. The summed E-state index contributed by atoms with van der Waals surface area (Å²) >= 11 is 11.8. The number of nitrogens with one attached hydrogen (secondary N) is 1. The van der Waals surface area contributed by atoms with Crippen LogP contribution in [0.15, 0.2) is 109 Å². The number of carbonyl (C=O) groups excluding carboxylic acids is 3. The molecule has 0 radical (unpaired) electrons. The summed E-state index contributed by atoms with van der Waals surface area (Å²) in [4.78, 5) is 55.3. The number of nitrogen functional groups attached to an aromatic ring is 1. The SMILES string of the molecule is CC(C)(C)OC(=O)Nc1cc(F)c(F)c(C(=O)c2ccc3ncc(-c4ccc(Cl)cc4)nc3c2)c1F.Cl.Nc1cc(F)c(F)c(C(=O)c2ccc3ncc(-c4ccc(Cl)cc4)nc3c2)c1F. The van der Waals surface area contributed by atoms with E-state index in [0.717, 1.165) is 5.56 Å². The number of halogens is 9. The smallest absolute Gasteiger partial charge is 0.412 e. The summed E-state index contributed by atoms with van der Waals surface area (Å²) in [7, 11) is 0. The molecule has 0 atom stereocenters. The Kier molecular flexibility index (Phi) is 14.3. The first-order valence-corrected chi connectivity index (χ1v) is 19.8. The van der Waals surface area contributed by atoms with Crippen molar-refractivity contribution in [3.05, 3.63) is 177 Å². The van der Waals surface area contributed by atoms with Gasteiger partial charge in [0.15, 0.2) is 46.5 Å². The number of anilines is 2. The second-order valence-electron chi connectivity index (χ2n) is 15.1. The van der Waals surface area contributed by atoms with E-state index in [0.29, 0.717) is 55.7 Å². The number of amides is 1. The lowest BCUT2D eigenvalue weighted by Crippen LogP contribution is -2.28. The first-order chi connectivity index (χ1) is 30.8. The fourth-order valence-corrected chi connectivity index (χ4v) is 6.50. The lowest BCUT2D eigenvalue weighted by Gasteiger charge is -2.20. The molecule has 0 saturated heterocycles.